The van der Waals surface area contributed by atoms with Crippen LogP contribution in [0.4, 0.5) is 0 Å². The zero-order chi connectivity index (χ0) is 21.2. The number of amides is 1. The molecule has 0 atom stereocenters. The Morgan fingerprint density at radius 3 is 2.50 bits per heavy atom. The van der Waals surface area contributed by atoms with Crippen molar-refractivity contribution in [1.29, 1.82) is 0 Å². The summed E-state index contributed by atoms with van der Waals surface area (Å²) in [4.78, 5) is 14.8. The second-order valence-electron chi connectivity index (χ2n) is 7.38. The number of nitrogens with zero attached hydrogens (tertiary/aromatic N) is 2. The number of hydrogen-bond donors (Lipinski definition) is 0. The minimum atomic E-state index is -0.00601. The smallest absolute Gasteiger partial charge is 0.260 e. The maximum absolute atomic E-state index is 12.9. The van der Waals surface area contributed by atoms with E-state index in [1.807, 2.05) is 29.2 Å². The summed E-state index contributed by atoms with van der Waals surface area (Å²) < 4.78 is 7.90. The molecule has 0 saturated heterocycles. The van der Waals surface area contributed by atoms with Gasteiger partial charge in [-0.25, -0.2) is 0 Å². The predicted octanol–water partition coefficient (Wildman–Crippen LogP) is 5.79. The standard InChI is InChI=1S/C25H29ClN2O2/c1-2-3-7-16-28(25(29)20-30-24-14-12-22(26)13-15-24)19-23-11-8-17-27(23)18-21-9-5-4-6-10-21/h4-6,8-15,17H,2-3,7,16,18-20H2,1H3. The van der Waals surface area contributed by atoms with Crippen molar-refractivity contribution in [3.05, 3.63) is 89.2 Å². The third kappa shape index (κ3) is 6.67. The van der Waals surface area contributed by atoms with Crippen LogP contribution in [-0.2, 0) is 17.9 Å². The van der Waals surface area contributed by atoms with E-state index in [9.17, 15) is 4.79 Å². The van der Waals surface area contributed by atoms with Gasteiger partial charge in [0.15, 0.2) is 6.61 Å². The van der Waals surface area contributed by atoms with E-state index in [2.05, 4.69) is 35.9 Å². The van der Waals surface area contributed by atoms with Gasteiger partial charge < -0.3 is 14.2 Å². The van der Waals surface area contributed by atoms with Gasteiger partial charge >= 0.3 is 0 Å². The summed E-state index contributed by atoms with van der Waals surface area (Å²) in [6.45, 7) is 4.29. The highest BCUT2D eigenvalue weighted by molar-refractivity contribution is 6.30. The molecule has 0 aliphatic carbocycles. The van der Waals surface area contributed by atoms with Crippen LogP contribution in [0.25, 0.3) is 0 Å². The monoisotopic (exact) mass is 424 g/mol. The van der Waals surface area contributed by atoms with Gasteiger partial charge in [0.25, 0.3) is 5.91 Å². The summed E-state index contributed by atoms with van der Waals surface area (Å²) in [6, 6.07) is 21.6. The lowest BCUT2D eigenvalue weighted by molar-refractivity contribution is -0.134. The van der Waals surface area contributed by atoms with Gasteiger partial charge in [-0.1, -0.05) is 61.7 Å². The average Bonchev–Trinajstić information content (AvgIpc) is 3.20. The molecule has 0 aliphatic heterocycles. The third-order valence-corrected chi connectivity index (χ3v) is 5.28. The van der Waals surface area contributed by atoms with Crippen molar-refractivity contribution in [2.24, 2.45) is 0 Å². The van der Waals surface area contributed by atoms with E-state index in [-0.39, 0.29) is 12.5 Å². The average molecular weight is 425 g/mol. The molecule has 0 fully saturated rings. The lowest BCUT2D eigenvalue weighted by Gasteiger charge is -2.24. The summed E-state index contributed by atoms with van der Waals surface area (Å²) in [7, 11) is 0. The molecule has 4 nitrogen and oxygen atoms in total. The molecule has 30 heavy (non-hydrogen) atoms. The fourth-order valence-electron chi connectivity index (χ4n) is 3.33. The number of benzene rings is 2. The van der Waals surface area contributed by atoms with Crippen LogP contribution in [0.2, 0.25) is 5.02 Å². The summed E-state index contributed by atoms with van der Waals surface area (Å²) in [5.74, 6) is 0.641. The fraction of sp³-hybridized carbons (Fsp3) is 0.320. The van der Waals surface area contributed by atoms with Crippen molar-refractivity contribution in [3.8, 4) is 5.75 Å². The summed E-state index contributed by atoms with van der Waals surface area (Å²) in [6.07, 6.45) is 5.28. The Balaban J connectivity index is 1.65. The van der Waals surface area contributed by atoms with Gasteiger partial charge in [0.05, 0.1) is 6.54 Å². The zero-order valence-corrected chi connectivity index (χ0v) is 18.2. The number of halogens is 1. The van der Waals surface area contributed by atoms with Crippen molar-refractivity contribution >= 4 is 17.5 Å². The van der Waals surface area contributed by atoms with Crippen LogP contribution < -0.4 is 4.74 Å². The van der Waals surface area contributed by atoms with Crippen molar-refractivity contribution in [2.75, 3.05) is 13.2 Å². The summed E-state index contributed by atoms with van der Waals surface area (Å²) in [5, 5.41) is 0.647. The van der Waals surface area contributed by atoms with Gasteiger partial charge in [-0.3, -0.25) is 4.79 Å². The molecular weight excluding hydrogens is 396 g/mol. The number of carbonyl (C=O) groups is 1. The normalized spacial score (nSPS) is 10.7. The maximum atomic E-state index is 12.9. The predicted molar refractivity (Wildman–Crippen MR) is 122 cm³/mol. The van der Waals surface area contributed by atoms with Gasteiger partial charge in [-0.05, 0) is 48.4 Å². The molecular formula is C25H29ClN2O2. The minimum Gasteiger partial charge on any atom is -0.484 e. The van der Waals surface area contributed by atoms with Crippen molar-refractivity contribution in [2.45, 2.75) is 39.3 Å². The molecule has 1 aromatic heterocycles. The lowest BCUT2D eigenvalue weighted by Crippen LogP contribution is -2.36. The molecule has 0 radical (unpaired) electrons. The number of carbonyl (C=O) groups excluding carboxylic acids is 1. The molecule has 3 aromatic rings. The first kappa shape index (κ1) is 22.0. The fourth-order valence-corrected chi connectivity index (χ4v) is 3.46. The second-order valence-corrected chi connectivity index (χ2v) is 7.81. The minimum absolute atomic E-state index is 0.00601. The molecule has 158 valence electrons. The Labute approximate surface area is 184 Å². The van der Waals surface area contributed by atoms with Crippen LogP contribution >= 0.6 is 11.6 Å². The molecule has 0 spiro atoms. The SMILES string of the molecule is CCCCCN(Cc1cccn1Cc1ccccc1)C(=O)COc1ccc(Cl)cc1. The van der Waals surface area contributed by atoms with Crippen molar-refractivity contribution < 1.29 is 9.53 Å². The van der Waals surface area contributed by atoms with Crippen LogP contribution in [0.15, 0.2) is 72.9 Å². The maximum Gasteiger partial charge on any atom is 0.260 e. The quantitative estimate of drug-likeness (QED) is 0.365. The highest BCUT2D eigenvalue weighted by Crippen LogP contribution is 2.16. The first-order valence-electron chi connectivity index (χ1n) is 10.5. The van der Waals surface area contributed by atoms with E-state index < -0.39 is 0 Å². The van der Waals surface area contributed by atoms with Crippen LogP contribution in [0, 0.1) is 0 Å². The number of hydrogen-bond acceptors (Lipinski definition) is 2. The number of ether oxygens (including phenoxy) is 1. The zero-order valence-electron chi connectivity index (χ0n) is 17.5. The number of aromatic nitrogens is 1. The largest absolute Gasteiger partial charge is 0.484 e. The van der Waals surface area contributed by atoms with Gasteiger partial charge in [0.2, 0.25) is 0 Å². The van der Waals surface area contributed by atoms with E-state index in [1.54, 1.807) is 24.3 Å². The molecule has 0 bridgehead atoms. The van der Waals surface area contributed by atoms with Crippen molar-refractivity contribution in [1.82, 2.24) is 9.47 Å². The highest BCUT2D eigenvalue weighted by Gasteiger charge is 2.16. The molecule has 1 amide bonds. The van der Waals surface area contributed by atoms with Gasteiger partial charge in [-0.2, -0.15) is 0 Å². The first-order chi connectivity index (χ1) is 14.7. The van der Waals surface area contributed by atoms with E-state index >= 15 is 0 Å². The topological polar surface area (TPSA) is 34.5 Å². The number of unbranched alkanes of at least 4 members (excludes halogenated alkanes) is 2. The first-order valence-corrected chi connectivity index (χ1v) is 10.9. The molecule has 1 heterocycles. The van der Waals surface area contributed by atoms with E-state index in [0.29, 0.717) is 17.3 Å². The van der Waals surface area contributed by atoms with Crippen molar-refractivity contribution in [3.63, 3.8) is 0 Å². The summed E-state index contributed by atoms with van der Waals surface area (Å²) >= 11 is 5.92. The molecule has 0 unspecified atom stereocenters. The molecule has 0 saturated carbocycles. The Kier molecular flexibility index (Phi) is 8.40. The van der Waals surface area contributed by atoms with E-state index in [0.717, 1.165) is 38.0 Å². The molecule has 0 aliphatic rings. The third-order valence-electron chi connectivity index (χ3n) is 5.03. The Bertz CT molecular complexity index is 906. The van der Waals surface area contributed by atoms with Crippen LogP contribution in [0.5, 0.6) is 5.75 Å². The number of rotatable bonds is 11. The summed E-state index contributed by atoms with van der Waals surface area (Å²) in [5.41, 5.74) is 2.36. The Morgan fingerprint density at radius 1 is 1.00 bits per heavy atom. The Morgan fingerprint density at radius 2 is 1.77 bits per heavy atom. The second kappa shape index (κ2) is 11.5. The molecule has 5 heteroatoms. The molecule has 0 N–H and O–H groups in total. The van der Waals surface area contributed by atoms with Crippen LogP contribution in [0.1, 0.15) is 37.4 Å². The lowest BCUT2D eigenvalue weighted by atomic mass is 10.2. The molecule has 3 rings (SSSR count). The van der Waals surface area contributed by atoms with Crippen LogP contribution in [0.3, 0.4) is 0 Å². The molecule has 2 aromatic carbocycles. The van der Waals surface area contributed by atoms with Gasteiger partial charge in [0.1, 0.15) is 5.75 Å². The van der Waals surface area contributed by atoms with Crippen LogP contribution in [-0.4, -0.2) is 28.5 Å². The van der Waals surface area contributed by atoms with E-state index in [4.69, 9.17) is 16.3 Å². The van der Waals surface area contributed by atoms with E-state index in [1.165, 1.54) is 5.56 Å². The Hall–Kier alpha value is -2.72. The van der Waals surface area contributed by atoms with Gasteiger partial charge in [-0.15, -0.1) is 0 Å². The van der Waals surface area contributed by atoms with Gasteiger partial charge in [0, 0.05) is 30.0 Å². The highest BCUT2D eigenvalue weighted by atomic mass is 35.5.